The molecule has 1 aliphatic rings. The van der Waals surface area contributed by atoms with Crippen LogP contribution in [0, 0.1) is 11.8 Å². The van der Waals surface area contributed by atoms with Gasteiger partial charge in [0.25, 0.3) is 0 Å². The van der Waals surface area contributed by atoms with Gasteiger partial charge in [-0.2, -0.15) is 0 Å². The number of hydrogen-bond acceptors (Lipinski definition) is 2. The van der Waals surface area contributed by atoms with Gasteiger partial charge in [-0.25, -0.2) is 0 Å². The van der Waals surface area contributed by atoms with E-state index in [9.17, 15) is 9.18 Å². The lowest BCUT2D eigenvalue weighted by molar-refractivity contribution is -0.142. The Labute approximate surface area is 64.6 Å². The number of rotatable bonds is 3. The highest BCUT2D eigenvalue weighted by molar-refractivity contribution is 5.71. The van der Waals surface area contributed by atoms with Crippen LogP contribution in [-0.2, 0) is 4.79 Å². The maximum atomic E-state index is 11.9. The maximum Gasteiger partial charge on any atom is 0.308 e. The molecule has 0 aromatic carbocycles. The second-order valence-corrected chi connectivity index (χ2v) is 2.84. The molecular formula is C7H12FNO2. The van der Waals surface area contributed by atoms with Crippen molar-refractivity contribution in [2.75, 3.05) is 19.8 Å². The van der Waals surface area contributed by atoms with Crippen molar-refractivity contribution in [1.82, 2.24) is 5.32 Å². The van der Waals surface area contributed by atoms with E-state index in [-0.39, 0.29) is 11.8 Å². The smallest absolute Gasteiger partial charge is 0.308 e. The van der Waals surface area contributed by atoms with Gasteiger partial charge in [0.05, 0.1) is 12.6 Å². The first-order valence-electron chi connectivity index (χ1n) is 3.75. The molecule has 11 heavy (non-hydrogen) atoms. The number of alkyl halides is 1. The van der Waals surface area contributed by atoms with E-state index < -0.39 is 12.6 Å². The lowest BCUT2D eigenvalue weighted by Gasteiger charge is -2.11. The van der Waals surface area contributed by atoms with Crippen LogP contribution >= 0.6 is 0 Å². The average molecular weight is 161 g/mol. The Morgan fingerprint density at radius 1 is 1.64 bits per heavy atom. The molecule has 0 aromatic heterocycles. The van der Waals surface area contributed by atoms with Gasteiger partial charge in [0.2, 0.25) is 0 Å². The fourth-order valence-electron chi connectivity index (χ4n) is 1.47. The molecule has 2 N–H and O–H groups in total. The molecule has 0 bridgehead atoms. The predicted octanol–water partition coefficient (Wildman–Crippen LogP) is 0.266. The van der Waals surface area contributed by atoms with Crippen LogP contribution in [0.4, 0.5) is 4.39 Å². The molecule has 0 aliphatic carbocycles. The summed E-state index contributed by atoms with van der Waals surface area (Å²) in [7, 11) is 0. The van der Waals surface area contributed by atoms with Crippen LogP contribution in [0.15, 0.2) is 0 Å². The topological polar surface area (TPSA) is 49.3 Å². The van der Waals surface area contributed by atoms with Crippen LogP contribution in [0.25, 0.3) is 0 Å². The lowest BCUT2D eigenvalue weighted by Crippen LogP contribution is -2.22. The number of aliphatic carboxylic acids is 1. The summed E-state index contributed by atoms with van der Waals surface area (Å²) in [5, 5.41) is 11.6. The minimum Gasteiger partial charge on any atom is -0.481 e. The zero-order valence-corrected chi connectivity index (χ0v) is 6.22. The molecular weight excluding hydrogens is 149 g/mol. The summed E-state index contributed by atoms with van der Waals surface area (Å²) >= 11 is 0. The quantitative estimate of drug-likeness (QED) is 0.624. The highest BCUT2D eigenvalue weighted by Crippen LogP contribution is 2.20. The van der Waals surface area contributed by atoms with Crippen molar-refractivity contribution in [2.24, 2.45) is 11.8 Å². The van der Waals surface area contributed by atoms with Gasteiger partial charge in [0.1, 0.15) is 0 Å². The van der Waals surface area contributed by atoms with Crippen molar-refractivity contribution in [3.63, 3.8) is 0 Å². The highest BCUT2D eigenvalue weighted by Gasteiger charge is 2.31. The normalized spacial score (nSPS) is 30.6. The summed E-state index contributed by atoms with van der Waals surface area (Å²) in [5.41, 5.74) is 0. The first kappa shape index (κ1) is 8.46. The Balaban J connectivity index is 2.44. The highest BCUT2D eigenvalue weighted by atomic mass is 19.1. The lowest BCUT2D eigenvalue weighted by atomic mass is 9.94. The molecule has 0 aromatic rings. The van der Waals surface area contributed by atoms with Crippen LogP contribution in [0.1, 0.15) is 6.42 Å². The first-order valence-corrected chi connectivity index (χ1v) is 3.75. The standard InChI is InChI=1S/C7H12FNO2/c8-2-1-5-3-9-4-6(5)7(10)11/h5-6,9H,1-4H2,(H,10,11). The van der Waals surface area contributed by atoms with Gasteiger partial charge in [-0.1, -0.05) is 0 Å². The number of halogens is 1. The fourth-order valence-corrected chi connectivity index (χ4v) is 1.47. The summed E-state index contributed by atoms with van der Waals surface area (Å²) in [6.07, 6.45) is 0.365. The Bertz CT molecular complexity index is 151. The molecule has 1 fully saturated rings. The van der Waals surface area contributed by atoms with E-state index in [1.54, 1.807) is 0 Å². The SMILES string of the molecule is O=C(O)C1CNCC1CCF. The second kappa shape index (κ2) is 3.67. The molecule has 0 saturated carbocycles. The third kappa shape index (κ3) is 1.89. The van der Waals surface area contributed by atoms with E-state index >= 15 is 0 Å². The Morgan fingerprint density at radius 3 is 2.91 bits per heavy atom. The molecule has 1 saturated heterocycles. The number of nitrogens with one attached hydrogen (secondary N) is 1. The molecule has 4 heteroatoms. The molecule has 64 valence electrons. The van der Waals surface area contributed by atoms with Gasteiger partial charge in [-0.05, 0) is 18.9 Å². The van der Waals surface area contributed by atoms with E-state index in [0.29, 0.717) is 19.5 Å². The van der Waals surface area contributed by atoms with E-state index in [1.807, 2.05) is 0 Å². The van der Waals surface area contributed by atoms with Gasteiger partial charge < -0.3 is 10.4 Å². The zero-order chi connectivity index (χ0) is 8.27. The monoisotopic (exact) mass is 161 g/mol. The van der Waals surface area contributed by atoms with Gasteiger partial charge >= 0.3 is 5.97 Å². The summed E-state index contributed by atoms with van der Waals surface area (Å²) in [6.45, 7) is 0.705. The minimum atomic E-state index is -0.812. The largest absolute Gasteiger partial charge is 0.481 e. The predicted molar refractivity (Wildman–Crippen MR) is 38.1 cm³/mol. The summed E-state index contributed by atoms with van der Waals surface area (Å²) in [5.74, 6) is -1.21. The van der Waals surface area contributed by atoms with Crippen LogP contribution in [0.5, 0.6) is 0 Å². The van der Waals surface area contributed by atoms with E-state index in [0.717, 1.165) is 0 Å². The molecule has 2 unspecified atom stereocenters. The fraction of sp³-hybridized carbons (Fsp3) is 0.857. The molecule has 1 aliphatic heterocycles. The van der Waals surface area contributed by atoms with Gasteiger partial charge in [-0.3, -0.25) is 9.18 Å². The van der Waals surface area contributed by atoms with Crippen molar-refractivity contribution in [3.8, 4) is 0 Å². The van der Waals surface area contributed by atoms with E-state index in [1.165, 1.54) is 0 Å². The van der Waals surface area contributed by atoms with Crippen LogP contribution in [-0.4, -0.2) is 30.8 Å². The summed E-state index contributed by atoms with van der Waals surface area (Å²) in [6, 6.07) is 0. The second-order valence-electron chi connectivity index (χ2n) is 2.84. The van der Waals surface area contributed by atoms with Crippen molar-refractivity contribution in [1.29, 1.82) is 0 Å². The molecule has 2 atom stereocenters. The Kier molecular flexibility index (Phi) is 2.82. The molecule has 3 nitrogen and oxygen atoms in total. The third-order valence-electron chi connectivity index (χ3n) is 2.14. The maximum absolute atomic E-state index is 11.9. The molecule has 1 rings (SSSR count). The number of carboxylic acids is 1. The molecule has 0 amide bonds. The molecule has 0 radical (unpaired) electrons. The van der Waals surface area contributed by atoms with E-state index in [4.69, 9.17) is 5.11 Å². The molecule has 1 heterocycles. The van der Waals surface area contributed by atoms with Crippen LogP contribution in [0.3, 0.4) is 0 Å². The van der Waals surface area contributed by atoms with Gasteiger partial charge in [-0.15, -0.1) is 0 Å². The molecule has 0 spiro atoms. The van der Waals surface area contributed by atoms with E-state index in [2.05, 4.69) is 5.32 Å². The minimum absolute atomic E-state index is 0.0162. The van der Waals surface area contributed by atoms with Crippen molar-refractivity contribution >= 4 is 5.97 Å². The average Bonchev–Trinajstić information content (AvgIpc) is 2.36. The third-order valence-corrected chi connectivity index (χ3v) is 2.14. The number of hydrogen-bond donors (Lipinski definition) is 2. The van der Waals surface area contributed by atoms with Crippen LogP contribution < -0.4 is 5.32 Å². The Hall–Kier alpha value is -0.640. The van der Waals surface area contributed by atoms with Crippen molar-refractivity contribution < 1.29 is 14.3 Å². The summed E-state index contributed by atoms with van der Waals surface area (Å²) in [4.78, 5) is 10.5. The van der Waals surface area contributed by atoms with Crippen molar-refractivity contribution in [2.45, 2.75) is 6.42 Å². The Morgan fingerprint density at radius 2 is 2.36 bits per heavy atom. The van der Waals surface area contributed by atoms with Gasteiger partial charge in [0.15, 0.2) is 0 Å². The zero-order valence-electron chi connectivity index (χ0n) is 6.22. The summed E-state index contributed by atoms with van der Waals surface area (Å²) < 4.78 is 11.9. The number of carboxylic acid groups (broad SMARTS) is 1. The first-order chi connectivity index (χ1) is 5.25. The van der Waals surface area contributed by atoms with Crippen LogP contribution in [0.2, 0.25) is 0 Å². The van der Waals surface area contributed by atoms with Crippen molar-refractivity contribution in [3.05, 3.63) is 0 Å². The number of carbonyl (C=O) groups is 1. The van der Waals surface area contributed by atoms with Gasteiger partial charge in [0, 0.05) is 6.54 Å².